The average Bonchev–Trinajstić information content (AvgIpc) is 2.81. The normalized spacial score (nSPS) is 10.6. The first-order valence-electron chi connectivity index (χ1n) is 9.57. The van der Waals surface area contributed by atoms with Crippen LogP contribution in [0.3, 0.4) is 0 Å². The fourth-order valence-corrected chi connectivity index (χ4v) is 2.98. The van der Waals surface area contributed by atoms with E-state index in [1.54, 1.807) is 42.6 Å². The number of non-ortho nitro benzene ring substituents is 2. The molecule has 0 saturated heterocycles. The van der Waals surface area contributed by atoms with Crippen LogP contribution in [0.5, 0.6) is 0 Å². The van der Waals surface area contributed by atoms with E-state index in [2.05, 4.69) is 25.6 Å². The highest BCUT2D eigenvalue weighted by Gasteiger charge is 2.11. The molecule has 0 fully saturated rings. The van der Waals surface area contributed by atoms with E-state index in [1.165, 1.54) is 24.3 Å². The van der Waals surface area contributed by atoms with Crippen LogP contribution in [0, 0.1) is 20.2 Å². The molecule has 0 unspecified atom stereocenters. The highest BCUT2D eigenvalue weighted by atomic mass is 16.6. The summed E-state index contributed by atoms with van der Waals surface area (Å²) in [7, 11) is 0. The van der Waals surface area contributed by atoms with Crippen LogP contribution in [-0.4, -0.2) is 24.8 Å². The Bertz CT molecular complexity index is 1180. The van der Waals surface area contributed by atoms with E-state index in [4.69, 9.17) is 0 Å². The zero-order chi connectivity index (χ0) is 22.5. The van der Waals surface area contributed by atoms with Gasteiger partial charge in [-0.1, -0.05) is 24.3 Å². The van der Waals surface area contributed by atoms with Gasteiger partial charge in [0.2, 0.25) is 0 Å². The lowest BCUT2D eigenvalue weighted by Gasteiger charge is -2.13. The van der Waals surface area contributed by atoms with E-state index in [1.807, 2.05) is 0 Å². The minimum Gasteiger partial charge on any atom is -0.363 e. The predicted molar refractivity (Wildman–Crippen MR) is 118 cm³/mol. The molecule has 0 spiro atoms. The van der Waals surface area contributed by atoms with Crippen LogP contribution >= 0.6 is 0 Å². The molecule has 0 aliphatic carbocycles. The molecule has 0 aliphatic heterocycles. The molecule has 0 bridgehead atoms. The van der Waals surface area contributed by atoms with E-state index in [0.717, 1.165) is 11.1 Å². The zero-order valence-corrected chi connectivity index (χ0v) is 16.6. The summed E-state index contributed by atoms with van der Waals surface area (Å²) < 4.78 is 0. The summed E-state index contributed by atoms with van der Waals surface area (Å²) >= 11 is 0. The van der Waals surface area contributed by atoms with Crippen molar-refractivity contribution in [2.24, 2.45) is 0 Å². The second-order valence-electron chi connectivity index (χ2n) is 6.82. The minimum absolute atomic E-state index is 0.0221. The average molecular weight is 431 g/mol. The van der Waals surface area contributed by atoms with Gasteiger partial charge in [-0.05, 0) is 23.3 Å². The van der Waals surface area contributed by atoms with Crippen molar-refractivity contribution in [2.75, 3.05) is 10.6 Å². The number of nitro groups is 2. The van der Waals surface area contributed by atoms with Gasteiger partial charge in [-0.2, -0.15) is 0 Å². The van der Waals surface area contributed by atoms with Gasteiger partial charge in [0.05, 0.1) is 9.85 Å². The van der Waals surface area contributed by atoms with Crippen LogP contribution in [0.25, 0.3) is 11.2 Å². The lowest BCUT2D eigenvalue weighted by Crippen LogP contribution is -2.09. The zero-order valence-electron chi connectivity index (χ0n) is 16.6. The van der Waals surface area contributed by atoms with E-state index in [0.29, 0.717) is 35.9 Å². The van der Waals surface area contributed by atoms with Crippen LogP contribution in [0.4, 0.5) is 23.0 Å². The molecule has 0 amide bonds. The van der Waals surface area contributed by atoms with Crippen molar-refractivity contribution in [3.05, 3.63) is 98.2 Å². The molecule has 0 saturated carbocycles. The summed E-state index contributed by atoms with van der Waals surface area (Å²) in [4.78, 5) is 34.1. The second kappa shape index (κ2) is 9.00. The van der Waals surface area contributed by atoms with E-state index in [-0.39, 0.29) is 11.4 Å². The van der Waals surface area contributed by atoms with Crippen LogP contribution < -0.4 is 10.6 Å². The summed E-state index contributed by atoms with van der Waals surface area (Å²) in [6, 6.07) is 16.0. The Balaban J connectivity index is 1.54. The van der Waals surface area contributed by atoms with Gasteiger partial charge in [0.25, 0.3) is 11.4 Å². The molecular weight excluding hydrogens is 414 g/mol. The van der Waals surface area contributed by atoms with Gasteiger partial charge >= 0.3 is 0 Å². The van der Waals surface area contributed by atoms with Crippen LogP contribution in [0.15, 0.2) is 66.9 Å². The highest BCUT2D eigenvalue weighted by molar-refractivity contribution is 5.77. The van der Waals surface area contributed by atoms with Crippen LogP contribution in [0.2, 0.25) is 0 Å². The Morgan fingerprint density at radius 3 is 1.72 bits per heavy atom. The lowest BCUT2D eigenvalue weighted by atomic mass is 10.2. The van der Waals surface area contributed by atoms with Crippen molar-refractivity contribution in [2.45, 2.75) is 13.1 Å². The summed E-state index contributed by atoms with van der Waals surface area (Å²) in [5.41, 5.74) is 2.80. The van der Waals surface area contributed by atoms with Crippen molar-refractivity contribution < 1.29 is 9.85 Å². The summed E-state index contributed by atoms with van der Waals surface area (Å²) in [5, 5.41) is 28.1. The molecule has 11 heteroatoms. The third-order valence-electron chi connectivity index (χ3n) is 4.65. The monoisotopic (exact) mass is 431 g/mol. The fraction of sp³-hybridized carbons (Fsp3) is 0.0952. The van der Waals surface area contributed by atoms with Crippen molar-refractivity contribution >= 4 is 34.2 Å². The highest BCUT2D eigenvalue weighted by Crippen LogP contribution is 2.22. The molecule has 0 atom stereocenters. The van der Waals surface area contributed by atoms with Gasteiger partial charge in [0, 0.05) is 43.6 Å². The smallest absolute Gasteiger partial charge is 0.269 e. The standard InChI is InChI=1S/C21H17N7O4/c29-27(30)16-7-3-14(4-8-16)12-23-20-21(26-19-18(25-20)2-1-11-22-19)24-13-15-5-9-17(10-6-15)28(31)32/h1-11H,12-13H2,(H,23,25)(H,22,24,26). The Morgan fingerprint density at radius 1 is 0.719 bits per heavy atom. The number of fused-ring (bicyclic) bond motifs is 1. The van der Waals surface area contributed by atoms with Crippen molar-refractivity contribution in [3.63, 3.8) is 0 Å². The number of nitrogens with zero attached hydrogens (tertiary/aromatic N) is 5. The minimum atomic E-state index is -0.447. The third-order valence-corrected chi connectivity index (χ3v) is 4.65. The maximum atomic E-state index is 10.8. The number of hydrogen-bond donors (Lipinski definition) is 2. The fourth-order valence-electron chi connectivity index (χ4n) is 2.98. The number of nitrogens with one attached hydrogen (secondary N) is 2. The van der Waals surface area contributed by atoms with Crippen molar-refractivity contribution in [1.29, 1.82) is 0 Å². The number of hydrogen-bond acceptors (Lipinski definition) is 9. The van der Waals surface area contributed by atoms with E-state index < -0.39 is 9.85 Å². The number of nitro benzene ring substituents is 2. The summed E-state index contributed by atoms with van der Waals surface area (Å²) in [6.07, 6.45) is 1.63. The van der Waals surface area contributed by atoms with E-state index in [9.17, 15) is 20.2 Å². The predicted octanol–water partition coefficient (Wildman–Crippen LogP) is 4.07. The first-order chi connectivity index (χ1) is 15.5. The van der Waals surface area contributed by atoms with E-state index >= 15 is 0 Å². The van der Waals surface area contributed by atoms with Gasteiger partial charge in [0.15, 0.2) is 17.3 Å². The number of benzene rings is 2. The number of anilines is 2. The quantitative estimate of drug-likeness (QED) is 0.311. The molecule has 160 valence electrons. The maximum absolute atomic E-state index is 10.8. The van der Waals surface area contributed by atoms with Crippen LogP contribution in [0.1, 0.15) is 11.1 Å². The molecule has 4 rings (SSSR count). The molecule has 11 nitrogen and oxygen atoms in total. The molecule has 2 aromatic carbocycles. The largest absolute Gasteiger partial charge is 0.363 e. The number of rotatable bonds is 8. The molecule has 2 aromatic heterocycles. The molecule has 32 heavy (non-hydrogen) atoms. The topological polar surface area (TPSA) is 149 Å². The summed E-state index contributed by atoms with van der Waals surface area (Å²) in [5.74, 6) is 0.960. The first kappa shape index (κ1) is 20.6. The Hall–Kier alpha value is -4.67. The SMILES string of the molecule is O=[N+]([O-])c1ccc(CNc2nc3cccnc3nc2NCc2ccc([N+](=O)[O-])cc2)cc1. The number of pyridine rings is 1. The first-order valence-corrected chi connectivity index (χ1v) is 9.57. The van der Waals surface area contributed by atoms with Crippen molar-refractivity contribution in [3.8, 4) is 0 Å². The Kier molecular flexibility index (Phi) is 5.79. The Labute approximate surface area is 181 Å². The van der Waals surface area contributed by atoms with Gasteiger partial charge < -0.3 is 10.6 Å². The van der Waals surface area contributed by atoms with Gasteiger partial charge in [-0.3, -0.25) is 20.2 Å². The van der Waals surface area contributed by atoms with Gasteiger partial charge in [-0.25, -0.2) is 15.0 Å². The molecular formula is C21H17N7O4. The third kappa shape index (κ3) is 4.73. The molecule has 4 aromatic rings. The lowest BCUT2D eigenvalue weighted by molar-refractivity contribution is -0.385. The number of aromatic nitrogens is 3. The van der Waals surface area contributed by atoms with Gasteiger partial charge in [-0.15, -0.1) is 0 Å². The molecule has 2 N–H and O–H groups in total. The molecule has 0 radical (unpaired) electrons. The maximum Gasteiger partial charge on any atom is 0.269 e. The van der Waals surface area contributed by atoms with Crippen LogP contribution in [-0.2, 0) is 13.1 Å². The molecule has 2 heterocycles. The van der Waals surface area contributed by atoms with Crippen molar-refractivity contribution in [1.82, 2.24) is 15.0 Å². The summed E-state index contributed by atoms with van der Waals surface area (Å²) in [6.45, 7) is 0.752. The van der Waals surface area contributed by atoms with Gasteiger partial charge in [0.1, 0.15) is 5.52 Å². The Morgan fingerprint density at radius 2 is 1.22 bits per heavy atom. The second-order valence-corrected chi connectivity index (χ2v) is 6.82. The molecule has 0 aliphatic rings.